The number of hydrogen-bond donors (Lipinski definition) is 0. The van der Waals surface area contributed by atoms with Crippen molar-refractivity contribution < 1.29 is 4.79 Å². The molecule has 82 valence electrons. The van der Waals surface area contributed by atoms with Crippen LogP contribution in [0.4, 0.5) is 0 Å². The molecule has 3 heteroatoms. The molecule has 0 radical (unpaired) electrons. The van der Waals surface area contributed by atoms with Crippen molar-refractivity contribution in [3.8, 4) is 0 Å². The van der Waals surface area contributed by atoms with Crippen LogP contribution in [0.15, 0.2) is 36.5 Å². The molecule has 1 aromatic heterocycles. The van der Waals surface area contributed by atoms with Gasteiger partial charge < -0.3 is 0 Å². The summed E-state index contributed by atoms with van der Waals surface area (Å²) in [6.07, 6.45) is 2.08. The monoisotopic (exact) mass is 214 g/mol. The van der Waals surface area contributed by atoms with E-state index in [-0.39, 0.29) is 5.78 Å². The predicted molar refractivity (Wildman–Crippen MR) is 62.4 cm³/mol. The summed E-state index contributed by atoms with van der Waals surface area (Å²) in [5.41, 5.74) is 2.88. The maximum atomic E-state index is 12.0. The van der Waals surface area contributed by atoms with E-state index in [4.69, 9.17) is 0 Å². The van der Waals surface area contributed by atoms with Crippen LogP contribution < -0.4 is 0 Å². The Morgan fingerprint density at radius 2 is 2.06 bits per heavy atom. The van der Waals surface area contributed by atoms with Gasteiger partial charge in [0.25, 0.3) is 0 Å². The quantitative estimate of drug-likeness (QED) is 0.734. The van der Waals surface area contributed by atoms with Crippen LogP contribution in [0, 0.1) is 6.92 Å². The third kappa shape index (κ3) is 2.03. The summed E-state index contributed by atoms with van der Waals surface area (Å²) in [5.74, 6) is 0.106. The van der Waals surface area contributed by atoms with Crippen molar-refractivity contribution in [3.05, 3.63) is 53.3 Å². The number of Topliss-reactive ketones (excluding diaryl/α,β-unsaturated/α-hetero) is 1. The Hall–Kier alpha value is -1.90. The fourth-order valence-electron chi connectivity index (χ4n) is 1.72. The van der Waals surface area contributed by atoms with Gasteiger partial charge in [-0.25, -0.2) is 0 Å². The molecule has 2 aromatic rings. The Kier molecular flexibility index (Phi) is 2.86. The number of hydrogen-bond acceptors (Lipinski definition) is 2. The lowest BCUT2D eigenvalue weighted by Gasteiger charge is -2.04. The van der Waals surface area contributed by atoms with E-state index < -0.39 is 0 Å². The van der Waals surface area contributed by atoms with Gasteiger partial charge in [-0.2, -0.15) is 5.10 Å². The molecule has 0 N–H and O–H groups in total. The lowest BCUT2D eigenvalue weighted by atomic mass is 10.0. The molecule has 0 aliphatic heterocycles. The van der Waals surface area contributed by atoms with Crippen LogP contribution in [-0.2, 0) is 13.5 Å². The first-order chi connectivity index (χ1) is 7.68. The summed E-state index contributed by atoms with van der Waals surface area (Å²) in [4.78, 5) is 12.0. The molecule has 0 amide bonds. The van der Waals surface area contributed by atoms with E-state index in [2.05, 4.69) is 5.10 Å². The van der Waals surface area contributed by atoms with Crippen molar-refractivity contribution in [2.24, 2.45) is 7.05 Å². The molecular weight excluding hydrogens is 200 g/mol. The van der Waals surface area contributed by atoms with Crippen LogP contribution in [0.5, 0.6) is 0 Å². The van der Waals surface area contributed by atoms with E-state index >= 15 is 0 Å². The SMILES string of the molecule is Cc1ccccc1CC(=O)c1ccnn1C. The third-order valence-corrected chi connectivity index (χ3v) is 2.72. The average molecular weight is 214 g/mol. The Bertz CT molecular complexity index is 514. The molecule has 3 nitrogen and oxygen atoms in total. The third-order valence-electron chi connectivity index (χ3n) is 2.72. The lowest BCUT2D eigenvalue weighted by Crippen LogP contribution is -2.10. The van der Waals surface area contributed by atoms with Gasteiger partial charge in [0.1, 0.15) is 5.69 Å². The number of rotatable bonds is 3. The summed E-state index contributed by atoms with van der Waals surface area (Å²) in [5, 5.41) is 4.00. The summed E-state index contributed by atoms with van der Waals surface area (Å²) in [7, 11) is 1.78. The number of carbonyl (C=O) groups excluding carboxylic acids is 1. The predicted octanol–water partition coefficient (Wildman–Crippen LogP) is 2.15. The Balaban J connectivity index is 2.21. The Labute approximate surface area is 94.7 Å². The highest BCUT2D eigenvalue weighted by Crippen LogP contribution is 2.11. The minimum atomic E-state index is 0.106. The van der Waals surface area contributed by atoms with Crippen molar-refractivity contribution in [2.75, 3.05) is 0 Å². The van der Waals surface area contributed by atoms with Crippen LogP contribution in [0.25, 0.3) is 0 Å². The first kappa shape index (κ1) is 10.6. The second kappa shape index (κ2) is 4.31. The number of ketones is 1. The van der Waals surface area contributed by atoms with E-state index in [9.17, 15) is 4.79 Å². The zero-order valence-electron chi connectivity index (χ0n) is 9.47. The van der Waals surface area contributed by atoms with Gasteiger partial charge >= 0.3 is 0 Å². The molecular formula is C13H14N2O. The van der Waals surface area contributed by atoms with Crippen molar-refractivity contribution >= 4 is 5.78 Å². The topological polar surface area (TPSA) is 34.9 Å². The molecule has 0 unspecified atom stereocenters. The van der Waals surface area contributed by atoms with Gasteiger partial charge in [0.05, 0.1) is 0 Å². The number of carbonyl (C=O) groups is 1. The minimum absolute atomic E-state index is 0.106. The number of nitrogens with zero attached hydrogens (tertiary/aromatic N) is 2. The molecule has 0 saturated carbocycles. The molecule has 0 aliphatic carbocycles. The molecule has 0 atom stereocenters. The first-order valence-electron chi connectivity index (χ1n) is 5.24. The van der Waals surface area contributed by atoms with Crippen LogP contribution in [0.2, 0.25) is 0 Å². The summed E-state index contributed by atoms with van der Waals surface area (Å²) >= 11 is 0. The molecule has 0 aliphatic rings. The second-order valence-electron chi connectivity index (χ2n) is 3.87. The van der Waals surface area contributed by atoms with Gasteiger partial charge in [-0.3, -0.25) is 9.48 Å². The highest BCUT2D eigenvalue weighted by Gasteiger charge is 2.11. The van der Waals surface area contributed by atoms with Gasteiger partial charge in [-0.1, -0.05) is 24.3 Å². The van der Waals surface area contributed by atoms with Crippen molar-refractivity contribution in [3.63, 3.8) is 0 Å². The van der Waals surface area contributed by atoms with Crippen LogP contribution in [0.3, 0.4) is 0 Å². The van der Waals surface area contributed by atoms with E-state index in [0.717, 1.165) is 11.1 Å². The van der Waals surface area contributed by atoms with E-state index in [1.165, 1.54) is 0 Å². The van der Waals surface area contributed by atoms with E-state index in [1.54, 1.807) is 24.0 Å². The van der Waals surface area contributed by atoms with E-state index in [1.807, 2.05) is 31.2 Å². The normalized spacial score (nSPS) is 10.4. The van der Waals surface area contributed by atoms with Crippen LogP contribution in [-0.4, -0.2) is 15.6 Å². The zero-order chi connectivity index (χ0) is 11.5. The first-order valence-corrected chi connectivity index (χ1v) is 5.24. The lowest BCUT2D eigenvalue weighted by molar-refractivity contribution is 0.0984. The van der Waals surface area contributed by atoms with Gasteiger partial charge in [-0.15, -0.1) is 0 Å². The van der Waals surface area contributed by atoms with Crippen LogP contribution >= 0.6 is 0 Å². The fourth-order valence-corrected chi connectivity index (χ4v) is 1.72. The van der Waals surface area contributed by atoms with E-state index in [0.29, 0.717) is 12.1 Å². The highest BCUT2D eigenvalue weighted by molar-refractivity contribution is 5.96. The number of benzene rings is 1. The molecule has 0 bridgehead atoms. The molecule has 0 spiro atoms. The molecule has 2 rings (SSSR count). The van der Waals surface area contributed by atoms with Crippen molar-refractivity contribution in [2.45, 2.75) is 13.3 Å². The zero-order valence-corrected chi connectivity index (χ0v) is 9.47. The minimum Gasteiger partial charge on any atom is -0.292 e. The summed E-state index contributed by atoms with van der Waals surface area (Å²) < 4.78 is 1.61. The molecule has 1 heterocycles. The smallest absolute Gasteiger partial charge is 0.185 e. The fraction of sp³-hybridized carbons (Fsp3) is 0.231. The number of aryl methyl sites for hydroxylation is 2. The Morgan fingerprint density at radius 1 is 1.31 bits per heavy atom. The summed E-state index contributed by atoms with van der Waals surface area (Å²) in [6, 6.07) is 9.70. The van der Waals surface area contributed by atoms with Crippen molar-refractivity contribution in [1.29, 1.82) is 0 Å². The largest absolute Gasteiger partial charge is 0.292 e. The maximum Gasteiger partial charge on any atom is 0.185 e. The maximum absolute atomic E-state index is 12.0. The van der Waals surface area contributed by atoms with Gasteiger partial charge in [-0.05, 0) is 24.1 Å². The summed E-state index contributed by atoms with van der Waals surface area (Å²) in [6.45, 7) is 2.02. The Morgan fingerprint density at radius 3 is 2.69 bits per heavy atom. The highest BCUT2D eigenvalue weighted by atomic mass is 16.1. The second-order valence-corrected chi connectivity index (χ2v) is 3.87. The average Bonchev–Trinajstić information content (AvgIpc) is 2.68. The molecule has 0 saturated heterocycles. The van der Waals surface area contributed by atoms with Gasteiger partial charge in [0.15, 0.2) is 5.78 Å². The van der Waals surface area contributed by atoms with Crippen molar-refractivity contribution in [1.82, 2.24) is 9.78 Å². The molecule has 1 aromatic carbocycles. The van der Waals surface area contributed by atoms with Gasteiger partial charge in [0, 0.05) is 19.7 Å². The van der Waals surface area contributed by atoms with Gasteiger partial charge in [0.2, 0.25) is 0 Å². The van der Waals surface area contributed by atoms with Crippen LogP contribution in [0.1, 0.15) is 21.6 Å². The molecule has 16 heavy (non-hydrogen) atoms. The number of aromatic nitrogens is 2. The standard InChI is InChI=1S/C13H14N2O/c1-10-5-3-4-6-11(10)9-13(16)12-7-8-14-15(12)2/h3-8H,9H2,1-2H3. The molecule has 0 fully saturated rings.